The number of rotatable bonds is 2. The van der Waals surface area contributed by atoms with E-state index in [2.05, 4.69) is 10.3 Å². The van der Waals surface area contributed by atoms with Crippen molar-refractivity contribution in [2.45, 2.75) is 12.8 Å². The van der Waals surface area contributed by atoms with Crippen LogP contribution in [0.3, 0.4) is 0 Å². The van der Waals surface area contributed by atoms with Gasteiger partial charge in [-0.1, -0.05) is 0 Å². The van der Waals surface area contributed by atoms with Crippen molar-refractivity contribution in [2.75, 3.05) is 7.05 Å². The van der Waals surface area contributed by atoms with E-state index in [4.69, 9.17) is 0 Å². The van der Waals surface area contributed by atoms with Crippen LogP contribution >= 0.6 is 0 Å². The molecule has 0 unspecified atom stereocenters. The van der Waals surface area contributed by atoms with Gasteiger partial charge < -0.3 is 5.32 Å². The second-order valence-corrected chi connectivity index (χ2v) is 2.90. The highest BCUT2D eigenvalue weighted by molar-refractivity contribution is 5.93. The van der Waals surface area contributed by atoms with E-state index in [9.17, 15) is 13.6 Å². The number of nitrogens with zero attached hydrogens (tertiary/aromatic N) is 1. The molecule has 0 saturated carbocycles. The van der Waals surface area contributed by atoms with Crippen LogP contribution in [0.1, 0.15) is 23.0 Å². The number of hydrogen-bond acceptors (Lipinski definition) is 2. The van der Waals surface area contributed by atoms with Crippen LogP contribution in [0.2, 0.25) is 0 Å². The molecule has 1 amide bonds. The highest BCUT2D eigenvalue weighted by Crippen LogP contribution is 2.24. The zero-order valence-corrected chi connectivity index (χ0v) is 7.84. The second kappa shape index (κ2) is 3.69. The highest BCUT2D eigenvalue weighted by Gasteiger charge is 2.25. The second-order valence-electron chi connectivity index (χ2n) is 2.90. The van der Waals surface area contributed by atoms with Gasteiger partial charge >= 0.3 is 0 Å². The lowest BCUT2D eigenvalue weighted by Gasteiger charge is -2.09. The zero-order chi connectivity index (χ0) is 10.8. The van der Waals surface area contributed by atoms with Crippen molar-refractivity contribution in [1.29, 1.82) is 0 Å². The van der Waals surface area contributed by atoms with Gasteiger partial charge in [0.15, 0.2) is 0 Å². The quantitative estimate of drug-likeness (QED) is 0.787. The summed E-state index contributed by atoms with van der Waals surface area (Å²) in [7, 11) is 1.46. The number of carbonyl (C=O) groups excluding carboxylic acids is 1. The van der Waals surface area contributed by atoms with Crippen LogP contribution in [-0.2, 0) is 5.92 Å². The third kappa shape index (κ3) is 2.25. The van der Waals surface area contributed by atoms with Crippen LogP contribution in [0.25, 0.3) is 0 Å². The average Bonchev–Trinajstić information content (AvgIpc) is 2.15. The first-order valence-electron chi connectivity index (χ1n) is 4.01. The number of aromatic nitrogens is 1. The fourth-order valence-corrected chi connectivity index (χ4v) is 0.932. The maximum Gasteiger partial charge on any atom is 0.286 e. The van der Waals surface area contributed by atoms with Gasteiger partial charge in [0.2, 0.25) is 0 Å². The summed E-state index contributed by atoms with van der Waals surface area (Å²) in [5.74, 6) is -3.32. The predicted molar refractivity (Wildman–Crippen MR) is 47.2 cm³/mol. The Morgan fingerprint density at radius 2 is 2.14 bits per heavy atom. The monoisotopic (exact) mass is 200 g/mol. The Morgan fingerprint density at radius 1 is 1.50 bits per heavy atom. The average molecular weight is 200 g/mol. The van der Waals surface area contributed by atoms with Crippen LogP contribution in [-0.4, -0.2) is 17.9 Å². The molecule has 0 bridgehead atoms. The van der Waals surface area contributed by atoms with Gasteiger partial charge in [-0.05, 0) is 12.1 Å². The third-order valence-electron chi connectivity index (χ3n) is 1.70. The third-order valence-corrected chi connectivity index (χ3v) is 1.70. The number of hydrogen-bond donors (Lipinski definition) is 1. The van der Waals surface area contributed by atoms with Crippen LogP contribution < -0.4 is 5.32 Å². The number of pyridine rings is 1. The minimum Gasteiger partial charge on any atom is -0.355 e. The van der Waals surface area contributed by atoms with Gasteiger partial charge in [-0.25, -0.2) is 0 Å². The molecule has 0 spiro atoms. The van der Waals surface area contributed by atoms with Crippen LogP contribution in [0.15, 0.2) is 18.3 Å². The Labute approximate surface area is 80.2 Å². The lowest BCUT2D eigenvalue weighted by Crippen LogP contribution is -2.18. The fourth-order valence-electron chi connectivity index (χ4n) is 0.932. The SMILES string of the molecule is CNC(=O)c1ccc(C(C)(F)F)nc1. The lowest BCUT2D eigenvalue weighted by molar-refractivity contribution is 0.0127. The first kappa shape index (κ1) is 10.6. The summed E-state index contributed by atoms with van der Waals surface area (Å²) in [6.45, 7) is 0.759. The summed E-state index contributed by atoms with van der Waals surface area (Å²) in [6, 6.07) is 2.46. The molecule has 1 aromatic rings. The Hall–Kier alpha value is -1.52. The van der Waals surface area contributed by atoms with E-state index in [1.54, 1.807) is 0 Å². The van der Waals surface area contributed by atoms with Gasteiger partial charge in [0, 0.05) is 20.2 Å². The lowest BCUT2D eigenvalue weighted by atomic mass is 10.2. The molecule has 1 rings (SSSR count). The molecule has 3 nitrogen and oxygen atoms in total. The summed E-state index contributed by atoms with van der Waals surface area (Å²) >= 11 is 0. The zero-order valence-electron chi connectivity index (χ0n) is 7.84. The van der Waals surface area contributed by atoms with Crippen molar-refractivity contribution in [3.05, 3.63) is 29.6 Å². The minimum absolute atomic E-state index is 0.264. The summed E-state index contributed by atoms with van der Waals surface area (Å²) in [6.07, 6.45) is 1.13. The maximum absolute atomic E-state index is 12.7. The van der Waals surface area contributed by atoms with Crippen molar-refractivity contribution < 1.29 is 13.6 Å². The van der Waals surface area contributed by atoms with E-state index in [1.165, 1.54) is 13.1 Å². The van der Waals surface area contributed by atoms with Crippen molar-refractivity contribution in [1.82, 2.24) is 10.3 Å². The van der Waals surface area contributed by atoms with E-state index < -0.39 is 5.92 Å². The topological polar surface area (TPSA) is 42.0 Å². The molecule has 76 valence electrons. The number of nitrogens with one attached hydrogen (secondary N) is 1. The molecular formula is C9H10F2N2O. The van der Waals surface area contributed by atoms with E-state index >= 15 is 0 Å². The fraction of sp³-hybridized carbons (Fsp3) is 0.333. The first-order valence-corrected chi connectivity index (χ1v) is 4.01. The van der Waals surface area contributed by atoms with Crippen LogP contribution in [0.5, 0.6) is 0 Å². The van der Waals surface area contributed by atoms with Gasteiger partial charge in [0.05, 0.1) is 5.56 Å². The summed E-state index contributed by atoms with van der Waals surface area (Å²) in [5, 5.41) is 2.37. The molecule has 5 heteroatoms. The molecule has 14 heavy (non-hydrogen) atoms. The molecule has 1 heterocycles. The molecule has 0 saturated heterocycles. The Balaban J connectivity index is 2.95. The molecule has 1 aromatic heterocycles. The molecule has 0 aliphatic rings. The first-order chi connectivity index (χ1) is 6.45. The van der Waals surface area contributed by atoms with E-state index in [0.29, 0.717) is 0 Å². The standard InChI is InChI=1S/C9H10F2N2O/c1-9(10,11)7-4-3-6(5-13-7)8(14)12-2/h3-5H,1-2H3,(H,12,14). The van der Waals surface area contributed by atoms with Crippen molar-refractivity contribution in [3.8, 4) is 0 Å². The molecule has 0 atom stereocenters. The molecule has 0 radical (unpaired) electrons. The number of carbonyl (C=O) groups is 1. The van der Waals surface area contributed by atoms with Crippen molar-refractivity contribution >= 4 is 5.91 Å². The Bertz CT molecular complexity index is 330. The summed E-state index contributed by atoms with van der Waals surface area (Å²) in [4.78, 5) is 14.5. The minimum atomic E-state index is -2.97. The molecule has 0 aliphatic carbocycles. The highest BCUT2D eigenvalue weighted by atomic mass is 19.3. The van der Waals surface area contributed by atoms with Gasteiger partial charge in [-0.15, -0.1) is 0 Å². The van der Waals surface area contributed by atoms with Crippen LogP contribution in [0, 0.1) is 0 Å². The Morgan fingerprint density at radius 3 is 2.50 bits per heavy atom. The van der Waals surface area contributed by atoms with Gasteiger partial charge in [-0.3, -0.25) is 9.78 Å². The summed E-state index contributed by atoms with van der Waals surface area (Å²) in [5.41, 5.74) is -0.0781. The molecular weight excluding hydrogens is 190 g/mol. The largest absolute Gasteiger partial charge is 0.355 e. The van der Waals surface area contributed by atoms with Gasteiger partial charge in [-0.2, -0.15) is 8.78 Å². The van der Waals surface area contributed by atoms with E-state index in [-0.39, 0.29) is 17.2 Å². The van der Waals surface area contributed by atoms with Gasteiger partial charge in [0.1, 0.15) is 5.69 Å². The van der Waals surface area contributed by atoms with E-state index in [1.807, 2.05) is 0 Å². The molecule has 0 fully saturated rings. The maximum atomic E-state index is 12.7. The molecule has 0 aromatic carbocycles. The summed E-state index contributed by atoms with van der Waals surface area (Å²) < 4.78 is 25.4. The smallest absolute Gasteiger partial charge is 0.286 e. The number of amides is 1. The Kier molecular flexibility index (Phi) is 2.78. The van der Waals surface area contributed by atoms with Crippen LogP contribution in [0.4, 0.5) is 8.78 Å². The normalized spacial score (nSPS) is 11.1. The van der Waals surface area contributed by atoms with Crippen molar-refractivity contribution in [3.63, 3.8) is 0 Å². The number of alkyl halides is 2. The molecule has 1 N–H and O–H groups in total. The number of halogens is 2. The van der Waals surface area contributed by atoms with Crippen molar-refractivity contribution in [2.24, 2.45) is 0 Å². The van der Waals surface area contributed by atoms with Gasteiger partial charge in [0.25, 0.3) is 11.8 Å². The predicted octanol–water partition coefficient (Wildman–Crippen LogP) is 1.55. The molecule has 0 aliphatic heterocycles. The van der Waals surface area contributed by atoms with E-state index in [0.717, 1.165) is 19.2 Å².